The summed E-state index contributed by atoms with van der Waals surface area (Å²) in [5.41, 5.74) is 0.682. The Morgan fingerprint density at radius 2 is 1.61 bits per heavy atom. The molecule has 0 radical (unpaired) electrons. The first-order valence-electron chi connectivity index (χ1n) is 12.1. The van der Waals surface area contributed by atoms with E-state index in [0.717, 1.165) is 11.1 Å². The topological polar surface area (TPSA) is 106 Å². The number of carboxylic acid groups (broad SMARTS) is 1. The number of halogens is 1. The van der Waals surface area contributed by atoms with Gasteiger partial charge < -0.3 is 14.8 Å². The van der Waals surface area contributed by atoms with Gasteiger partial charge in [-0.1, -0.05) is 93.0 Å². The van der Waals surface area contributed by atoms with E-state index in [0.29, 0.717) is 16.5 Å². The van der Waals surface area contributed by atoms with E-state index in [1.54, 1.807) is 12.1 Å². The molecule has 0 spiro atoms. The van der Waals surface area contributed by atoms with Gasteiger partial charge in [0.05, 0.1) is 10.7 Å². The van der Waals surface area contributed by atoms with Crippen molar-refractivity contribution in [2.45, 2.75) is 38.0 Å². The average Bonchev–Trinajstić information content (AvgIpc) is 3.31. The molecular formula is C28H29ClN4O4Si. The maximum atomic E-state index is 13.1. The number of nitrogens with zero attached hydrogens (tertiary/aromatic N) is 3. The summed E-state index contributed by atoms with van der Waals surface area (Å²) in [6.45, 7) is 6.10. The fourth-order valence-corrected chi connectivity index (χ4v) is 5.31. The first kappa shape index (κ1) is 27.2. The monoisotopic (exact) mass is 548 g/mol. The van der Waals surface area contributed by atoms with E-state index < -0.39 is 27.2 Å². The summed E-state index contributed by atoms with van der Waals surface area (Å²) >= 11 is 5.90. The molecule has 0 saturated heterocycles. The van der Waals surface area contributed by atoms with E-state index in [4.69, 9.17) is 16.0 Å². The molecule has 2 N–H and O–H groups in total. The van der Waals surface area contributed by atoms with Crippen LogP contribution in [0, 0.1) is 0 Å². The Hall–Kier alpha value is -3.79. The number of carboxylic acids is 1. The number of amides is 1. The smallest absolute Gasteiger partial charge is 0.356 e. The standard InChI is InChI=1S/C28H29ClN4O4Si/c1-27(2,3)38-37-28(19-10-6-4-7-11-19,20-12-8-5-9-13-20)23-16-22(26(35)36)32-33(23)18-25(34)31-24-15-14-21(29)17-30-24/h4-17H,18,38H2,1-3H3,(H,35,36)(H,30,31,34). The van der Waals surface area contributed by atoms with Crippen molar-refractivity contribution in [2.24, 2.45) is 0 Å². The summed E-state index contributed by atoms with van der Waals surface area (Å²) in [6.07, 6.45) is 1.43. The minimum atomic E-state index is -1.20. The second-order valence-corrected chi connectivity index (χ2v) is 13.2. The van der Waals surface area contributed by atoms with E-state index in [-0.39, 0.29) is 17.3 Å². The number of nitrogens with one attached hydrogen (secondary N) is 1. The van der Waals surface area contributed by atoms with Gasteiger partial charge in [-0.25, -0.2) is 9.78 Å². The van der Waals surface area contributed by atoms with Crippen molar-refractivity contribution in [1.29, 1.82) is 0 Å². The number of rotatable bonds is 9. The van der Waals surface area contributed by atoms with Crippen molar-refractivity contribution in [3.05, 3.63) is 113 Å². The summed E-state index contributed by atoms with van der Waals surface area (Å²) < 4.78 is 8.33. The van der Waals surface area contributed by atoms with Crippen molar-refractivity contribution >= 4 is 39.1 Å². The summed E-state index contributed by atoms with van der Waals surface area (Å²) in [6, 6.07) is 23.9. The fraction of sp³-hybridized carbons (Fsp3) is 0.214. The van der Waals surface area contributed by atoms with Crippen molar-refractivity contribution in [1.82, 2.24) is 14.8 Å². The fourth-order valence-electron chi connectivity index (χ4n) is 4.07. The second kappa shape index (κ2) is 11.3. The Labute approximate surface area is 228 Å². The number of anilines is 1. The van der Waals surface area contributed by atoms with E-state index in [2.05, 4.69) is 36.2 Å². The van der Waals surface area contributed by atoms with Crippen LogP contribution >= 0.6 is 11.6 Å². The summed E-state index contributed by atoms with van der Waals surface area (Å²) in [5, 5.41) is 17.3. The van der Waals surface area contributed by atoms with Crippen molar-refractivity contribution in [3.63, 3.8) is 0 Å². The predicted molar refractivity (Wildman–Crippen MR) is 149 cm³/mol. The van der Waals surface area contributed by atoms with Gasteiger partial charge >= 0.3 is 5.97 Å². The number of pyridine rings is 1. The molecule has 0 aliphatic rings. The molecule has 2 aromatic carbocycles. The molecule has 0 fully saturated rings. The summed E-state index contributed by atoms with van der Waals surface area (Å²) in [5.74, 6) is -1.31. The number of hydrogen-bond acceptors (Lipinski definition) is 5. The van der Waals surface area contributed by atoms with Crippen LogP contribution in [0.15, 0.2) is 85.1 Å². The van der Waals surface area contributed by atoms with Crippen molar-refractivity contribution in [2.75, 3.05) is 5.32 Å². The first-order valence-corrected chi connectivity index (χ1v) is 13.7. The van der Waals surface area contributed by atoms with Crippen LogP contribution in [-0.4, -0.2) is 41.5 Å². The molecule has 0 aliphatic heterocycles. The third-order valence-electron chi connectivity index (χ3n) is 5.73. The molecule has 2 aromatic heterocycles. The van der Waals surface area contributed by atoms with Gasteiger partial charge in [0.1, 0.15) is 18.0 Å². The molecule has 4 aromatic rings. The number of aromatic nitrogens is 3. The Morgan fingerprint density at radius 3 is 2.11 bits per heavy atom. The Balaban J connectivity index is 1.88. The third kappa shape index (κ3) is 6.19. The van der Waals surface area contributed by atoms with Gasteiger partial charge in [-0.2, -0.15) is 5.10 Å². The van der Waals surface area contributed by atoms with Gasteiger partial charge in [0, 0.05) is 6.20 Å². The minimum Gasteiger partial charge on any atom is -0.476 e. The van der Waals surface area contributed by atoms with Gasteiger partial charge in [0.15, 0.2) is 15.5 Å². The highest BCUT2D eigenvalue weighted by atomic mass is 35.5. The molecule has 4 rings (SSSR count). The third-order valence-corrected chi connectivity index (χ3v) is 7.40. The number of aromatic carboxylic acids is 1. The predicted octanol–water partition coefficient (Wildman–Crippen LogP) is 4.88. The highest BCUT2D eigenvalue weighted by Gasteiger charge is 2.42. The normalized spacial score (nSPS) is 12.1. The summed E-state index contributed by atoms with van der Waals surface area (Å²) in [7, 11) is -1.20. The maximum absolute atomic E-state index is 13.1. The van der Waals surface area contributed by atoms with Crippen molar-refractivity contribution in [3.8, 4) is 0 Å². The highest BCUT2D eigenvalue weighted by molar-refractivity contribution is 6.32. The molecule has 0 bridgehead atoms. The first-order chi connectivity index (χ1) is 18.1. The Kier molecular flexibility index (Phi) is 8.10. The minimum absolute atomic E-state index is 0.0765. The van der Waals surface area contributed by atoms with Crippen LogP contribution < -0.4 is 5.32 Å². The molecule has 10 heteroatoms. The Bertz CT molecular complexity index is 1370. The number of hydrogen-bond donors (Lipinski definition) is 2. The quantitative estimate of drug-likeness (QED) is 0.289. The second-order valence-electron chi connectivity index (χ2n) is 10.1. The molecule has 38 heavy (non-hydrogen) atoms. The number of carbonyl (C=O) groups is 2. The van der Waals surface area contributed by atoms with Gasteiger partial charge in [-0.3, -0.25) is 9.48 Å². The van der Waals surface area contributed by atoms with Crippen LogP contribution in [0.25, 0.3) is 0 Å². The highest BCUT2D eigenvalue weighted by Crippen LogP contribution is 2.42. The number of carbonyl (C=O) groups excluding carboxylic acids is 1. The van der Waals surface area contributed by atoms with E-state index in [1.165, 1.54) is 16.9 Å². The van der Waals surface area contributed by atoms with Crippen LogP contribution in [0.2, 0.25) is 10.1 Å². The Morgan fingerprint density at radius 1 is 1.00 bits per heavy atom. The molecule has 0 unspecified atom stereocenters. The molecular weight excluding hydrogens is 520 g/mol. The SMILES string of the molecule is CC(C)(C)[SiH2]OC(c1ccccc1)(c1ccccc1)c1cc(C(=O)O)nn1CC(=O)Nc1ccc(Cl)cn1. The van der Waals surface area contributed by atoms with Gasteiger partial charge in [-0.05, 0) is 34.4 Å². The molecule has 0 aliphatic carbocycles. The van der Waals surface area contributed by atoms with Gasteiger partial charge in [0.25, 0.3) is 0 Å². The van der Waals surface area contributed by atoms with Crippen molar-refractivity contribution < 1.29 is 19.1 Å². The average molecular weight is 549 g/mol. The number of benzene rings is 2. The molecule has 0 atom stereocenters. The van der Waals surface area contributed by atoms with Gasteiger partial charge in [0.2, 0.25) is 5.91 Å². The zero-order valence-electron chi connectivity index (χ0n) is 21.4. The lowest BCUT2D eigenvalue weighted by atomic mass is 9.83. The molecule has 0 saturated carbocycles. The summed E-state index contributed by atoms with van der Waals surface area (Å²) in [4.78, 5) is 29.3. The lowest BCUT2D eigenvalue weighted by molar-refractivity contribution is -0.117. The lowest BCUT2D eigenvalue weighted by Crippen LogP contribution is -2.39. The van der Waals surface area contributed by atoms with Crippen LogP contribution in [0.4, 0.5) is 5.82 Å². The van der Waals surface area contributed by atoms with Crippen LogP contribution in [-0.2, 0) is 21.4 Å². The lowest BCUT2D eigenvalue weighted by Gasteiger charge is -2.38. The van der Waals surface area contributed by atoms with E-state index in [1.807, 2.05) is 60.7 Å². The van der Waals surface area contributed by atoms with E-state index >= 15 is 0 Å². The van der Waals surface area contributed by atoms with Gasteiger partial charge in [-0.15, -0.1) is 0 Å². The van der Waals surface area contributed by atoms with Crippen LogP contribution in [0.1, 0.15) is 48.1 Å². The largest absolute Gasteiger partial charge is 0.476 e. The molecule has 196 valence electrons. The molecule has 2 heterocycles. The van der Waals surface area contributed by atoms with Crippen LogP contribution in [0.5, 0.6) is 0 Å². The van der Waals surface area contributed by atoms with E-state index in [9.17, 15) is 14.7 Å². The molecule has 8 nitrogen and oxygen atoms in total. The zero-order chi connectivity index (χ0) is 27.3. The van der Waals surface area contributed by atoms with Crippen LogP contribution in [0.3, 0.4) is 0 Å². The maximum Gasteiger partial charge on any atom is 0.356 e. The molecule has 1 amide bonds. The zero-order valence-corrected chi connectivity index (χ0v) is 23.6.